The molecule has 0 aromatic heterocycles. The average Bonchev–Trinajstić information content (AvgIpc) is 3.02. The van der Waals surface area contributed by atoms with Gasteiger partial charge in [0.25, 0.3) is 0 Å². The zero-order valence-electron chi connectivity index (χ0n) is 14.6. The zero-order chi connectivity index (χ0) is 19.9. The van der Waals surface area contributed by atoms with Crippen LogP contribution in [0.4, 0.5) is 0 Å². The highest BCUT2D eigenvalue weighted by atomic mass is 16.6. The van der Waals surface area contributed by atoms with Crippen LogP contribution >= 0.6 is 0 Å². The molecule has 0 saturated carbocycles. The van der Waals surface area contributed by atoms with E-state index in [0.29, 0.717) is 5.56 Å². The Kier molecular flexibility index (Phi) is 6.23. The first-order valence-corrected chi connectivity index (χ1v) is 8.46. The van der Waals surface area contributed by atoms with Gasteiger partial charge in [-0.05, 0) is 29.8 Å². The van der Waals surface area contributed by atoms with Gasteiger partial charge in [0.2, 0.25) is 0 Å². The van der Waals surface area contributed by atoms with Gasteiger partial charge < -0.3 is 19.3 Å². The van der Waals surface area contributed by atoms with Crippen LogP contribution in [0, 0.1) is 0 Å². The van der Waals surface area contributed by atoms with E-state index in [-0.39, 0.29) is 12.2 Å². The quantitative estimate of drug-likeness (QED) is 0.353. The molecule has 0 aliphatic carbocycles. The lowest BCUT2D eigenvalue weighted by Crippen LogP contribution is -2.38. The van der Waals surface area contributed by atoms with Gasteiger partial charge in [-0.25, -0.2) is 9.59 Å². The Morgan fingerprint density at radius 2 is 1.61 bits per heavy atom. The first kappa shape index (κ1) is 19.4. The van der Waals surface area contributed by atoms with Gasteiger partial charge in [0.1, 0.15) is 18.8 Å². The summed E-state index contributed by atoms with van der Waals surface area (Å²) in [5.41, 5.74) is 9.32. The lowest BCUT2D eigenvalue weighted by Gasteiger charge is -2.18. The Balaban J connectivity index is 1.65. The third kappa shape index (κ3) is 4.47. The van der Waals surface area contributed by atoms with Crippen LogP contribution in [0.15, 0.2) is 65.8 Å². The van der Waals surface area contributed by atoms with Crippen molar-refractivity contribution in [3.63, 3.8) is 0 Å². The Labute approximate surface area is 160 Å². The highest BCUT2D eigenvalue weighted by Gasteiger charge is 2.46. The molecule has 0 amide bonds. The molecule has 1 heterocycles. The first-order chi connectivity index (χ1) is 13.6. The minimum absolute atomic E-state index is 0.272. The SMILES string of the molecule is [N-]=[N+]=N[C@@H]1O[C@H](COC(=O)c2ccccc2)[C@@H](O)[C@@H]1OC(=O)c1ccccc1. The van der Waals surface area contributed by atoms with E-state index < -0.39 is 36.5 Å². The Morgan fingerprint density at radius 1 is 1.04 bits per heavy atom. The molecule has 4 atom stereocenters. The van der Waals surface area contributed by atoms with Crippen molar-refractivity contribution in [2.75, 3.05) is 6.61 Å². The second-order valence-corrected chi connectivity index (χ2v) is 5.96. The Bertz CT molecular complexity index is 870. The van der Waals surface area contributed by atoms with Gasteiger partial charge in [-0.2, -0.15) is 0 Å². The fourth-order valence-electron chi connectivity index (χ4n) is 2.71. The smallest absolute Gasteiger partial charge is 0.338 e. The molecule has 2 aromatic carbocycles. The maximum atomic E-state index is 12.2. The predicted molar refractivity (Wildman–Crippen MR) is 96.2 cm³/mol. The summed E-state index contributed by atoms with van der Waals surface area (Å²) in [6.07, 6.45) is -4.83. The lowest BCUT2D eigenvalue weighted by molar-refractivity contribution is -0.0320. The van der Waals surface area contributed by atoms with E-state index in [9.17, 15) is 14.7 Å². The van der Waals surface area contributed by atoms with Gasteiger partial charge >= 0.3 is 11.9 Å². The molecule has 9 heteroatoms. The van der Waals surface area contributed by atoms with Crippen LogP contribution in [0.3, 0.4) is 0 Å². The van der Waals surface area contributed by atoms with Crippen LogP contribution in [0.5, 0.6) is 0 Å². The molecular formula is C19H17N3O6. The molecule has 2 aromatic rings. The van der Waals surface area contributed by atoms with E-state index in [1.807, 2.05) is 0 Å². The van der Waals surface area contributed by atoms with Crippen LogP contribution < -0.4 is 0 Å². The summed E-state index contributed by atoms with van der Waals surface area (Å²) in [6, 6.07) is 16.5. The molecule has 1 fully saturated rings. The molecule has 1 aliphatic heterocycles. The molecule has 0 radical (unpaired) electrons. The van der Waals surface area contributed by atoms with E-state index >= 15 is 0 Å². The third-order valence-electron chi connectivity index (χ3n) is 4.12. The summed E-state index contributed by atoms with van der Waals surface area (Å²) in [5, 5.41) is 13.9. The standard InChI is InChI=1S/C19H17N3O6/c20-22-21-17-16(28-19(25)13-9-5-2-6-10-13)15(23)14(27-17)11-26-18(24)12-7-3-1-4-8-12/h1-10,14-17,23H,11H2/t14-,15-,16+,17-/m1/s1. The van der Waals surface area contributed by atoms with E-state index in [4.69, 9.17) is 19.7 Å². The van der Waals surface area contributed by atoms with Crippen molar-refractivity contribution in [1.29, 1.82) is 0 Å². The van der Waals surface area contributed by atoms with Gasteiger partial charge in [0, 0.05) is 4.91 Å². The molecule has 1 saturated heterocycles. The maximum Gasteiger partial charge on any atom is 0.338 e. The van der Waals surface area contributed by atoms with Crippen molar-refractivity contribution in [1.82, 2.24) is 0 Å². The lowest BCUT2D eigenvalue weighted by atomic mass is 10.1. The van der Waals surface area contributed by atoms with Gasteiger partial charge in [0.05, 0.1) is 11.1 Å². The van der Waals surface area contributed by atoms with Crippen molar-refractivity contribution in [3.05, 3.63) is 82.2 Å². The van der Waals surface area contributed by atoms with Crippen LogP contribution in [0.1, 0.15) is 20.7 Å². The van der Waals surface area contributed by atoms with E-state index in [2.05, 4.69) is 10.0 Å². The summed E-state index contributed by atoms with van der Waals surface area (Å²) in [4.78, 5) is 26.9. The number of aliphatic hydroxyl groups is 1. The number of nitrogens with zero attached hydrogens (tertiary/aromatic N) is 3. The van der Waals surface area contributed by atoms with Gasteiger partial charge in [-0.1, -0.05) is 41.5 Å². The second-order valence-electron chi connectivity index (χ2n) is 5.96. The van der Waals surface area contributed by atoms with Crippen LogP contribution in [-0.4, -0.2) is 48.2 Å². The fourth-order valence-corrected chi connectivity index (χ4v) is 2.71. The molecule has 1 N–H and O–H groups in total. The van der Waals surface area contributed by atoms with Crippen molar-refractivity contribution >= 4 is 11.9 Å². The van der Waals surface area contributed by atoms with Gasteiger partial charge in [-0.3, -0.25) is 0 Å². The number of carbonyl (C=O) groups excluding carboxylic acids is 2. The summed E-state index contributed by atoms with van der Waals surface area (Å²) >= 11 is 0. The summed E-state index contributed by atoms with van der Waals surface area (Å²) in [7, 11) is 0. The average molecular weight is 383 g/mol. The summed E-state index contributed by atoms with van der Waals surface area (Å²) in [6.45, 7) is -0.300. The summed E-state index contributed by atoms with van der Waals surface area (Å²) < 4.78 is 15.8. The molecular weight excluding hydrogens is 366 g/mol. The largest absolute Gasteiger partial charge is 0.459 e. The Morgan fingerprint density at radius 3 is 2.18 bits per heavy atom. The molecule has 0 spiro atoms. The summed E-state index contributed by atoms with van der Waals surface area (Å²) in [5.74, 6) is -1.30. The zero-order valence-corrected chi connectivity index (χ0v) is 14.6. The number of hydrogen-bond donors (Lipinski definition) is 1. The van der Waals surface area contributed by atoms with Crippen molar-refractivity contribution in [2.45, 2.75) is 24.5 Å². The van der Waals surface area contributed by atoms with E-state index in [1.54, 1.807) is 60.7 Å². The highest BCUT2D eigenvalue weighted by molar-refractivity contribution is 5.89. The first-order valence-electron chi connectivity index (χ1n) is 8.46. The topological polar surface area (TPSA) is 131 Å². The van der Waals surface area contributed by atoms with Crippen molar-refractivity contribution in [2.24, 2.45) is 5.11 Å². The van der Waals surface area contributed by atoms with Crippen LogP contribution in [-0.2, 0) is 14.2 Å². The van der Waals surface area contributed by atoms with Crippen LogP contribution in [0.2, 0.25) is 0 Å². The molecule has 28 heavy (non-hydrogen) atoms. The highest BCUT2D eigenvalue weighted by Crippen LogP contribution is 2.26. The van der Waals surface area contributed by atoms with Gasteiger partial charge in [0.15, 0.2) is 12.3 Å². The number of rotatable bonds is 6. The number of azide groups is 1. The number of hydrogen-bond acceptors (Lipinski definition) is 7. The molecule has 1 aliphatic rings. The second kappa shape index (κ2) is 9.01. The fraction of sp³-hybridized carbons (Fsp3) is 0.263. The minimum atomic E-state index is -1.34. The monoisotopic (exact) mass is 383 g/mol. The molecule has 144 valence electrons. The molecule has 0 bridgehead atoms. The Hall–Kier alpha value is -3.39. The van der Waals surface area contributed by atoms with E-state index in [0.717, 1.165) is 0 Å². The number of esters is 2. The third-order valence-corrected chi connectivity index (χ3v) is 4.12. The van der Waals surface area contributed by atoms with Crippen molar-refractivity contribution in [3.8, 4) is 0 Å². The number of carbonyl (C=O) groups is 2. The molecule has 3 rings (SSSR count). The number of benzene rings is 2. The minimum Gasteiger partial charge on any atom is -0.459 e. The van der Waals surface area contributed by atoms with Crippen LogP contribution in [0.25, 0.3) is 10.4 Å². The van der Waals surface area contributed by atoms with Crippen molar-refractivity contribution < 1.29 is 28.9 Å². The van der Waals surface area contributed by atoms with E-state index in [1.165, 1.54) is 0 Å². The number of ether oxygens (including phenoxy) is 3. The number of aliphatic hydroxyl groups excluding tert-OH is 1. The predicted octanol–water partition coefficient (Wildman–Crippen LogP) is 2.47. The molecule has 9 nitrogen and oxygen atoms in total. The normalized spacial score (nSPS) is 23.5. The maximum absolute atomic E-state index is 12.2. The molecule has 0 unspecified atom stereocenters. The van der Waals surface area contributed by atoms with Gasteiger partial charge in [-0.15, -0.1) is 0 Å².